The fraction of sp³-hybridized carbons (Fsp3) is 0.174. The Kier molecular flexibility index (Phi) is 4.79. The Morgan fingerprint density at radius 1 is 1.11 bits per heavy atom. The maximum Gasteiger partial charge on any atom is 0.255 e. The third kappa shape index (κ3) is 3.80. The number of rotatable bonds is 4. The first kappa shape index (κ1) is 17.2. The van der Waals surface area contributed by atoms with Crippen LogP contribution < -0.4 is 14.4 Å². The average Bonchev–Trinajstić information content (AvgIpc) is 3.17. The molecule has 4 nitrogen and oxygen atoms in total. The van der Waals surface area contributed by atoms with Gasteiger partial charge in [-0.3, -0.25) is 9.69 Å². The molecule has 1 atom stereocenters. The van der Waals surface area contributed by atoms with Gasteiger partial charge in [0.15, 0.2) is 11.5 Å². The summed E-state index contributed by atoms with van der Waals surface area (Å²) in [6.45, 7) is 2.40. The van der Waals surface area contributed by atoms with E-state index in [4.69, 9.17) is 9.47 Å². The van der Waals surface area contributed by atoms with Crippen LogP contribution in [0.15, 0.2) is 78.5 Å². The van der Waals surface area contributed by atoms with E-state index in [1.165, 1.54) is 0 Å². The summed E-state index contributed by atoms with van der Waals surface area (Å²) in [5, 5.41) is 0. The van der Waals surface area contributed by atoms with Gasteiger partial charge >= 0.3 is 0 Å². The predicted octanol–water partition coefficient (Wildman–Crippen LogP) is 4.94. The van der Waals surface area contributed by atoms with Gasteiger partial charge in [0.05, 0.1) is 0 Å². The molecule has 0 N–H and O–H groups in total. The van der Waals surface area contributed by atoms with Crippen LogP contribution in [0.25, 0.3) is 6.08 Å². The summed E-state index contributed by atoms with van der Waals surface area (Å²) in [5.74, 6) is 1.84. The van der Waals surface area contributed by atoms with Crippen molar-refractivity contribution < 1.29 is 14.3 Å². The number of ether oxygens (including phenoxy) is 2. The van der Waals surface area contributed by atoms with E-state index in [1.807, 2.05) is 54.6 Å². The maximum atomic E-state index is 13.0. The Bertz CT molecular complexity index is 928. The Morgan fingerprint density at radius 3 is 2.70 bits per heavy atom. The van der Waals surface area contributed by atoms with Crippen molar-refractivity contribution in [3.05, 3.63) is 84.1 Å². The van der Waals surface area contributed by atoms with Gasteiger partial charge in [-0.15, -0.1) is 0 Å². The molecule has 2 aliphatic rings. The van der Waals surface area contributed by atoms with Gasteiger partial charge in [-0.25, -0.2) is 0 Å². The topological polar surface area (TPSA) is 38.8 Å². The van der Waals surface area contributed by atoms with Crippen molar-refractivity contribution >= 4 is 17.7 Å². The molecule has 0 fully saturated rings. The lowest BCUT2D eigenvalue weighted by Gasteiger charge is -2.25. The maximum absolute atomic E-state index is 13.0. The third-order valence-corrected chi connectivity index (χ3v) is 4.60. The molecule has 136 valence electrons. The zero-order valence-corrected chi connectivity index (χ0v) is 15.2. The highest BCUT2D eigenvalue weighted by molar-refractivity contribution is 6.06. The highest BCUT2D eigenvalue weighted by atomic mass is 16.7. The number of para-hydroxylation sites is 1. The Balaban J connectivity index is 1.60. The molecule has 0 radical (unpaired) electrons. The van der Waals surface area contributed by atoms with Gasteiger partial charge in [0.2, 0.25) is 6.79 Å². The van der Waals surface area contributed by atoms with Gasteiger partial charge < -0.3 is 9.47 Å². The standard InChI is InChI=1S/C23H21NO3/c1-17-7-11-20(12-8-17)24(19-5-3-2-4-6-19)23(25)14-10-18-9-13-21-22(15-18)27-16-26-21/h2-7,9-15,17H,8,16H2,1H3/b14-10+. The number of carbonyl (C=O) groups is 1. The Morgan fingerprint density at radius 2 is 1.93 bits per heavy atom. The summed E-state index contributed by atoms with van der Waals surface area (Å²) in [5.41, 5.74) is 2.64. The molecular weight excluding hydrogens is 338 g/mol. The molecular formula is C23H21NO3. The second kappa shape index (κ2) is 7.54. The van der Waals surface area contributed by atoms with Crippen LogP contribution in [0.2, 0.25) is 0 Å². The number of hydrogen-bond acceptors (Lipinski definition) is 3. The molecule has 1 amide bonds. The number of hydrogen-bond donors (Lipinski definition) is 0. The minimum absolute atomic E-state index is 0.0932. The molecule has 27 heavy (non-hydrogen) atoms. The van der Waals surface area contributed by atoms with Gasteiger partial charge in [-0.05, 0) is 54.3 Å². The first-order chi connectivity index (χ1) is 13.2. The van der Waals surface area contributed by atoms with Gasteiger partial charge in [0.1, 0.15) is 0 Å². The smallest absolute Gasteiger partial charge is 0.255 e. The molecule has 0 saturated heterocycles. The third-order valence-electron chi connectivity index (χ3n) is 4.60. The molecule has 2 aromatic carbocycles. The summed E-state index contributed by atoms with van der Waals surface area (Å²) < 4.78 is 10.7. The number of amides is 1. The molecule has 1 aliphatic heterocycles. The van der Waals surface area contributed by atoms with Crippen LogP contribution in [-0.2, 0) is 4.79 Å². The molecule has 0 aromatic heterocycles. The highest BCUT2D eigenvalue weighted by Crippen LogP contribution is 2.33. The number of fused-ring (bicyclic) bond motifs is 1. The van der Waals surface area contributed by atoms with Crippen molar-refractivity contribution in [3.63, 3.8) is 0 Å². The molecule has 1 aliphatic carbocycles. The lowest BCUT2D eigenvalue weighted by atomic mass is 10.0. The van der Waals surface area contributed by atoms with Crippen LogP contribution in [0.5, 0.6) is 11.5 Å². The second-order valence-corrected chi connectivity index (χ2v) is 6.66. The second-order valence-electron chi connectivity index (χ2n) is 6.66. The summed E-state index contributed by atoms with van der Waals surface area (Å²) in [7, 11) is 0. The summed E-state index contributed by atoms with van der Waals surface area (Å²) >= 11 is 0. The largest absolute Gasteiger partial charge is 0.454 e. The minimum atomic E-state index is -0.0932. The van der Waals surface area contributed by atoms with Crippen LogP contribution in [0.3, 0.4) is 0 Å². The molecule has 1 unspecified atom stereocenters. The SMILES string of the molecule is CC1C=CC(N(C(=O)/C=C/c2ccc3c(c2)OCO3)c2ccccc2)=CC1. The van der Waals surface area contributed by atoms with E-state index in [-0.39, 0.29) is 12.7 Å². The number of anilines is 1. The average molecular weight is 359 g/mol. The quantitative estimate of drug-likeness (QED) is 0.726. The first-order valence-corrected chi connectivity index (χ1v) is 9.06. The van der Waals surface area contributed by atoms with Crippen LogP contribution >= 0.6 is 0 Å². The van der Waals surface area contributed by atoms with Crippen LogP contribution in [-0.4, -0.2) is 12.7 Å². The lowest BCUT2D eigenvalue weighted by molar-refractivity contribution is -0.113. The Labute approximate surface area is 159 Å². The highest BCUT2D eigenvalue weighted by Gasteiger charge is 2.19. The van der Waals surface area contributed by atoms with E-state index in [0.717, 1.165) is 29.1 Å². The van der Waals surface area contributed by atoms with Crippen LogP contribution in [0.4, 0.5) is 5.69 Å². The van der Waals surface area contributed by atoms with Crippen molar-refractivity contribution in [1.29, 1.82) is 0 Å². The van der Waals surface area contributed by atoms with E-state index in [2.05, 4.69) is 19.1 Å². The van der Waals surface area contributed by atoms with Crippen molar-refractivity contribution in [1.82, 2.24) is 0 Å². The zero-order valence-electron chi connectivity index (χ0n) is 15.2. The van der Waals surface area contributed by atoms with Crippen LogP contribution in [0.1, 0.15) is 18.9 Å². The van der Waals surface area contributed by atoms with Crippen molar-refractivity contribution in [3.8, 4) is 11.5 Å². The van der Waals surface area contributed by atoms with E-state index < -0.39 is 0 Å². The molecule has 4 heteroatoms. The lowest BCUT2D eigenvalue weighted by Crippen LogP contribution is -2.28. The summed E-state index contributed by atoms with van der Waals surface area (Å²) in [6.07, 6.45) is 10.6. The van der Waals surface area contributed by atoms with Crippen LogP contribution in [0, 0.1) is 5.92 Å². The molecule has 0 spiro atoms. The van der Waals surface area contributed by atoms with Gasteiger partial charge in [0.25, 0.3) is 5.91 Å². The summed E-state index contributed by atoms with van der Waals surface area (Å²) in [4.78, 5) is 14.8. The van der Waals surface area contributed by atoms with Gasteiger partial charge in [-0.1, -0.05) is 43.3 Å². The molecule has 0 bridgehead atoms. The fourth-order valence-electron chi connectivity index (χ4n) is 3.12. The van der Waals surface area contributed by atoms with E-state index in [9.17, 15) is 4.79 Å². The van der Waals surface area contributed by atoms with Crippen molar-refractivity contribution in [2.24, 2.45) is 5.92 Å². The zero-order chi connectivity index (χ0) is 18.6. The molecule has 4 rings (SSSR count). The van der Waals surface area contributed by atoms with E-state index >= 15 is 0 Å². The monoisotopic (exact) mass is 359 g/mol. The van der Waals surface area contributed by atoms with Gasteiger partial charge in [-0.2, -0.15) is 0 Å². The van der Waals surface area contributed by atoms with E-state index in [0.29, 0.717) is 11.7 Å². The van der Waals surface area contributed by atoms with Crippen molar-refractivity contribution in [2.75, 3.05) is 11.7 Å². The fourth-order valence-corrected chi connectivity index (χ4v) is 3.12. The normalized spacial score (nSPS) is 17.8. The number of allylic oxidation sites excluding steroid dienone is 3. The first-order valence-electron chi connectivity index (χ1n) is 9.06. The molecule has 0 saturated carbocycles. The number of carbonyl (C=O) groups excluding carboxylic acids is 1. The Hall–Kier alpha value is -3.27. The van der Waals surface area contributed by atoms with Crippen molar-refractivity contribution in [2.45, 2.75) is 13.3 Å². The predicted molar refractivity (Wildman–Crippen MR) is 107 cm³/mol. The summed E-state index contributed by atoms with van der Waals surface area (Å²) in [6, 6.07) is 15.3. The number of nitrogens with zero attached hydrogens (tertiary/aromatic N) is 1. The van der Waals surface area contributed by atoms with E-state index in [1.54, 1.807) is 17.1 Å². The molecule has 2 aromatic rings. The van der Waals surface area contributed by atoms with Gasteiger partial charge in [0, 0.05) is 17.5 Å². The minimum Gasteiger partial charge on any atom is -0.454 e. The number of benzene rings is 2. The molecule has 1 heterocycles.